The van der Waals surface area contributed by atoms with Crippen molar-refractivity contribution in [3.8, 4) is 28.4 Å². The Kier molecular flexibility index (Phi) is 3.80. The molecule has 0 bridgehead atoms. The summed E-state index contributed by atoms with van der Waals surface area (Å²) in [5.41, 5.74) is -3.13. The minimum Gasteiger partial charge on any atom is -0.507 e. The maximum absolute atomic E-state index is 13.0. The molecule has 7 heteroatoms. The fourth-order valence-corrected chi connectivity index (χ4v) is 3.67. The molecule has 0 amide bonds. The highest BCUT2D eigenvalue weighted by Gasteiger charge is 2.20. The molecule has 144 valence electrons. The van der Waals surface area contributed by atoms with Gasteiger partial charge in [-0.3, -0.25) is 19.2 Å². The van der Waals surface area contributed by atoms with Gasteiger partial charge in [0.2, 0.25) is 0 Å². The predicted octanol–water partition coefficient (Wildman–Crippen LogP) is 1.28. The van der Waals surface area contributed by atoms with Crippen LogP contribution in [0.4, 0.5) is 0 Å². The molecule has 7 nitrogen and oxygen atoms in total. The SMILES string of the molecule is Cc1cc(O)c2c(O)c(-c3cc(=O)c4c(=O)c(C)cc(=O)c=4c3=O)cc(O)c2c1. The first-order valence-corrected chi connectivity index (χ1v) is 8.62. The van der Waals surface area contributed by atoms with Gasteiger partial charge in [-0.25, -0.2) is 0 Å². The molecule has 3 N–H and O–H groups in total. The highest BCUT2D eigenvalue weighted by Crippen LogP contribution is 2.44. The Balaban J connectivity index is 2.25. The third kappa shape index (κ3) is 2.51. The van der Waals surface area contributed by atoms with E-state index < -0.39 is 37.9 Å². The highest BCUT2D eigenvalue weighted by atomic mass is 16.3. The van der Waals surface area contributed by atoms with Gasteiger partial charge in [0.25, 0.3) is 0 Å². The zero-order chi connectivity index (χ0) is 21.2. The molecule has 2 aromatic carbocycles. The van der Waals surface area contributed by atoms with Gasteiger partial charge in [0.05, 0.1) is 15.8 Å². The highest BCUT2D eigenvalue weighted by molar-refractivity contribution is 6.02. The number of benzene rings is 2. The Morgan fingerprint density at radius 2 is 1.28 bits per heavy atom. The van der Waals surface area contributed by atoms with E-state index in [1.807, 2.05) is 0 Å². The maximum atomic E-state index is 13.0. The standard InChI is InChI=1S/C22H14O7/c1-8-3-12-13(23)6-10(21(28)17(12)14(24)4-8)11-7-16(26)18-19(22(11)29)15(25)5-9(2)20(18)27/h3-7,23-24,28H,1-2H3. The molecule has 4 rings (SSSR count). The largest absolute Gasteiger partial charge is 0.507 e. The zero-order valence-electron chi connectivity index (χ0n) is 15.4. The molecule has 0 aromatic heterocycles. The van der Waals surface area contributed by atoms with Gasteiger partial charge in [-0.05, 0) is 49.7 Å². The number of phenolic OH excluding ortho intramolecular Hbond substituents is 3. The van der Waals surface area contributed by atoms with E-state index in [-0.39, 0.29) is 39.0 Å². The van der Waals surface area contributed by atoms with Crippen molar-refractivity contribution in [1.29, 1.82) is 0 Å². The number of fused-ring (bicyclic) bond motifs is 1. The molecular weight excluding hydrogens is 376 g/mol. The lowest BCUT2D eigenvalue weighted by molar-refractivity contribution is 0.458. The summed E-state index contributed by atoms with van der Waals surface area (Å²) in [4.78, 5) is 50.1. The summed E-state index contributed by atoms with van der Waals surface area (Å²) < 4.78 is 0. The molecule has 29 heavy (non-hydrogen) atoms. The van der Waals surface area contributed by atoms with Gasteiger partial charge in [0.15, 0.2) is 21.7 Å². The van der Waals surface area contributed by atoms with Crippen LogP contribution in [0.1, 0.15) is 11.1 Å². The van der Waals surface area contributed by atoms with Crippen molar-refractivity contribution in [3.63, 3.8) is 0 Å². The van der Waals surface area contributed by atoms with Crippen LogP contribution in [-0.2, 0) is 0 Å². The fraction of sp³-hybridized carbons (Fsp3) is 0.0909. The zero-order valence-corrected chi connectivity index (χ0v) is 15.4. The monoisotopic (exact) mass is 390 g/mol. The first-order valence-electron chi connectivity index (χ1n) is 8.62. The van der Waals surface area contributed by atoms with E-state index in [0.29, 0.717) is 5.56 Å². The van der Waals surface area contributed by atoms with E-state index in [1.165, 1.54) is 19.1 Å². The fourth-order valence-electron chi connectivity index (χ4n) is 3.67. The van der Waals surface area contributed by atoms with E-state index in [2.05, 4.69) is 0 Å². The molecule has 2 aromatic rings. The summed E-state index contributed by atoms with van der Waals surface area (Å²) in [6.45, 7) is 3.06. The summed E-state index contributed by atoms with van der Waals surface area (Å²) in [6.07, 6.45) is 0. The van der Waals surface area contributed by atoms with Crippen LogP contribution >= 0.6 is 0 Å². The molecular formula is C22H14O7. The lowest BCUT2D eigenvalue weighted by Crippen LogP contribution is -2.29. The average molecular weight is 390 g/mol. The molecule has 0 radical (unpaired) electrons. The minimum atomic E-state index is -0.914. The molecule has 0 saturated carbocycles. The van der Waals surface area contributed by atoms with Crippen molar-refractivity contribution in [1.82, 2.24) is 0 Å². The van der Waals surface area contributed by atoms with Crippen molar-refractivity contribution in [3.05, 3.63) is 92.8 Å². The number of rotatable bonds is 1. The Morgan fingerprint density at radius 1 is 0.655 bits per heavy atom. The smallest absolute Gasteiger partial charge is 0.198 e. The Bertz CT molecular complexity index is 1620. The van der Waals surface area contributed by atoms with Gasteiger partial charge < -0.3 is 15.3 Å². The average Bonchev–Trinajstić information content (AvgIpc) is 2.63. The van der Waals surface area contributed by atoms with Crippen LogP contribution in [0, 0.1) is 24.3 Å². The normalized spacial score (nSPS) is 11.4. The number of phenols is 3. The third-order valence-corrected chi connectivity index (χ3v) is 5.02. The van der Waals surface area contributed by atoms with Crippen LogP contribution in [0.25, 0.3) is 21.9 Å². The van der Waals surface area contributed by atoms with Crippen LogP contribution in [0.2, 0.25) is 0 Å². The Morgan fingerprint density at radius 3 is 1.97 bits per heavy atom. The maximum Gasteiger partial charge on any atom is 0.198 e. The molecule has 2 aliphatic carbocycles. The number of hydrogen-bond donors (Lipinski definition) is 3. The molecule has 0 heterocycles. The van der Waals surface area contributed by atoms with Crippen molar-refractivity contribution < 1.29 is 15.3 Å². The van der Waals surface area contributed by atoms with Crippen molar-refractivity contribution in [2.75, 3.05) is 0 Å². The van der Waals surface area contributed by atoms with Gasteiger partial charge >= 0.3 is 0 Å². The quantitative estimate of drug-likeness (QED) is 0.418. The van der Waals surface area contributed by atoms with E-state index in [9.17, 15) is 34.5 Å². The van der Waals surface area contributed by atoms with Gasteiger partial charge in [-0.1, -0.05) is 0 Å². The summed E-state index contributed by atoms with van der Waals surface area (Å²) in [7, 11) is 0. The second kappa shape index (κ2) is 6.00. The molecule has 0 atom stereocenters. The molecule has 0 unspecified atom stereocenters. The van der Waals surface area contributed by atoms with E-state index >= 15 is 0 Å². The van der Waals surface area contributed by atoms with Crippen LogP contribution in [0.15, 0.2) is 49.5 Å². The molecule has 2 aliphatic rings. The number of aromatic hydroxyl groups is 3. The van der Waals surface area contributed by atoms with Gasteiger partial charge in [-0.2, -0.15) is 0 Å². The predicted molar refractivity (Wildman–Crippen MR) is 107 cm³/mol. The summed E-state index contributed by atoms with van der Waals surface area (Å²) in [5, 5.41) is 30.3. The Labute approximate surface area is 161 Å². The lowest BCUT2D eigenvalue weighted by atomic mass is 9.95. The molecule has 0 fully saturated rings. The van der Waals surface area contributed by atoms with Crippen molar-refractivity contribution >= 4 is 10.8 Å². The topological polar surface area (TPSA) is 129 Å². The van der Waals surface area contributed by atoms with Crippen molar-refractivity contribution in [2.45, 2.75) is 13.8 Å². The van der Waals surface area contributed by atoms with E-state index in [4.69, 9.17) is 0 Å². The number of aryl methyl sites for hydroxylation is 2. The first kappa shape index (κ1) is 18.4. The Hall–Kier alpha value is -4.00. The van der Waals surface area contributed by atoms with E-state index in [0.717, 1.165) is 18.2 Å². The van der Waals surface area contributed by atoms with Gasteiger partial charge in [0, 0.05) is 22.1 Å². The summed E-state index contributed by atoms with van der Waals surface area (Å²) in [6, 6.07) is 5.83. The summed E-state index contributed by atoms with van der Waals surface area (Å²) in [5.74, 6) is -1.20. The van der Waals surface area contributed by atoms with Crippen molar-refractivity contribution in [2.24, 2.45) is 0 Å². The summed E-state index contributed by atoms with van der Waals surface area (Å²) >= 11 is 0. The number of hydrogen-bond acceptors (Lipinski definition) is 7. The third-order valence-electron chi connectivity index (χ3n) is 5.02. The second-order valence-electron chi connectivity index (χ2n) is 7.02. The second-order valence-corrected chi connectivity index (χ2v) is 7.02. The van der Waals surface area contributed by atoms with Gasteiger partial charge in [0.1, 0.15) is 17.2 Å². The van der Waals surface area contributed by atoms with Crippen LogP contribution in [-0.4, -0.2) is 15.3 Å². The van der Waals surface area contributed by atoms with Crippen LogP contribution in [0.3, 0.4) is 0 Å². The lowest BCUT2D eigenvalue weighted by Gasteiger charge is -2.12. The van der Waals surface area contributed by atoms with Crippen LogP contribution < -0.4 is 21.7 Å². The first-order chi connectivity index (χ1) is 13.6. The molecule has 0 spiro atoms. The van der Waals surface area contributed by atoms with Gasteiger partial charge in [-0.15, -0.1) is 0 Å². The van der Waals surface area contributed by atoms with E-state index in [1.54, 1.807) is 6.92 Å². The van der Waals surface area contributed by atoms with Crippen LogP contribution in [0.5, 0.6) is 17.2 Å². The molecule has 0 aliphatic heterocycles. The molecule has 0 saturated heterocycles. The minimum absolute atomic E-state index is 0.0539.